The molecule has 1 aromatic carbocycles. The average Bonchev–Trinajstić information content (AvgIpc) is 2.42. The number of nitrogens with two attached hydrogens (primary N) is 2. The highest BCUT2D eigenvalue weighted by Gasteiger charge is 2.16. The van der Waals surface area contributed by atoms with Gasteiger partial charge in [-0.2, -0.15) is 0 Å². The standard InChI is InChI=1S/C14H24N4O2S/c1-11-13(9-12(15)10-14(11)21(16,19)20)17-5-8-18-6-3-2-4-7-18/h9-10,17H,2-8,15H2,1H3,(H2,16,19,20). The molecule has 6 nitrogen and oxygen atoms in total. The van der Waals surface area contributed by atoms with Gasteiger partial charge in [0.2, 0.25) is 10.0 Å². The van der Waals surface area contributed by atoms with Crippen LogP contribution in [0.3, 0.4) is 0 Å². The fourth-order valence-corrected chi connectivity index (χ4v) is 3.56. The normalized spacial score (nSPS) is 16.9. The Hall–Kier alpha value is -1.31. The number of primary sulfonamides is 1. The Bertz CT molecular complexity index is 595. The third kappa shape index (κ3) is 4.33. The number of piperidine rings is 1. The number of nitrogens with zero attached hydrogens (tertiary/aromatic N) is 1. The fraction of sp³-hybridized carbons (Fsp3) is 0.571. The van der Waals surface area contributed by atoms with E-state index in [1.165, 1.54) is 25.3 Å². The maximum absolute atomic E-state index is 11.6. The van der Waals surface area contributed by atoms with E-state index >= 15 is 0 Å². The van der Waals surface area contributed by atoms with Gasteiger partial charge in [0.05, 0.1) is 4.90 Å². The van der Waals surface area contributed by atoms with E-state index in [4.69, 9.17) is 10.9 Å². The van der Waals surface area contributed by atoms with Crippen LogP contribution in [0.25, 0.3) is 0 Å². The first-order chi connectivity index (χ1) is 9.88. The minimum absolute atomic E-state index is 0.0861. The lowest BCUT2D eigenvalue weighted by atomic mass is 10.1. The maximum atomic E-state index is 11.6. The van der Waals surface area contributed by atoms with Crippen molar-refractivity contribution in [3.8, 4) is 0 Å². The first kappa shape index (κ1) is 16.1. The average molecular weight is 312 g/mol. The fourth-order valence-electron chi connectivity index (χ4n) is 2.72. The van der Waals surface area contributed by atoms with E-state index in [0.29, 0.717) is 11.3 Å². The molecule has 0 aromatic heterocycles. The van der Waals surface area contributed by atoms with Gasteiger partial charge in [0, 0.05) is 24.5 Å². The Morgan fingerprint density at radius 3 is 2.52 bits per heavy atom. The molecule has 0 bridgehead atoms. The first-order valence-corrected chi connectivity index (χ1v) is 8.82. The molecule has 0 spiro atoms. The van der Waals surface area contributed by atoms with E-state index < -0.39 is 10.0 Å². The minimum Gasteiger partial charge on any atom is -0.399 e. The van der Waals surface area contributed by atoms with Crippen LogP contribution in [0.4, 0.5) is 11.4 Å². The van der Waals surface area contributed by atoms with Crippen LogP contribution in [0.15, 0.2) is 17.0 Å². The van der Waals surface area contributed by atoms with Gasteiger partial charge in [0.25, 0.3) is 0 Å². The van der Waals surface area contributed by atoms with Gasteiger partial charge in [-0.3, -0.25) is 0 Å². The highest BCUT2D eigenvalue weighted by atomic mass is 32.2. The molecule has 21 heavy (non-hydrogen) atoms. The van der Waals surface area contributed by atoms with Crippen LogP contribution in [0, 0.1) is 6.92 Å². The van der Waals surface area contributed by atoms with Crippen molar-refractivity contribution >= 4 is 21.4 Å². The first-order valence-electron chi connectivity index (χ1n) is 7.27. The number of hydrogen-bond donors (Lipinski definition) is 3. The molecule has 1 aromatic rings. The van der Waals surface area contributed by atoms with Crippen LogP contribution in [0.1, 0.15) is 24.8 Å². The van der Waals surface area contributed by atoms with E-state index in [0.717, 1.165) is 31.9 Å². The van der Waals surface area contributed by atoms with Crippen molar-refractivity contribution in [2.24, 2.45) is 5.14 Å². The summed E-state index contributed by atoms with van der Waals surface area (Å²) in [4.78, 5) is 2.50. The zero-order valence-corrected chi connectivity index (χ0v) is 13.2. The van der Waals surface area contributed by atoms with Crippen LogP contribution in [0.5, 0.6) is 0 Å². The molecular weight excluding hydrogens is 288 g/mol. The quantitative estimate of drug-likeness (QED) is 0.707. The molecular formula is C14H24N4O2S. The van der Waals surface area contributed by atoms with Gasteiger partial charge in [-0.15, -0.1) is 0 Å². The van der Waals surface area contributed by atoms with E-state index in [-0.39, 0.29) is 4.90 Å². The van der Waals surface area contributed by atoms with Gasteiger partial charge >= 0.3 is 0 Å². The highest BCUT2D eigenvalue weighted by molar-refractivity contribution is 7.89. The molecule has 1 saturated heterocycles. The largest absolute Gasteiger partial charge is 0.399 e. The van der Waals surface area contributed by atoms with Crippen molar-refractivity contribution < 1.29 is 8.42 Å². The summed E-state index contributed by atoms with van der Waals surface area (Å²) in [5.74, 6) is 0. The Balaban J connectivity index is 2.04. The molecule has 0 amide bonds. The Morgan fingerprint density at radius 1 is 1.24 bits per heavy atom. The summed E-state index contributed by atoms with van der Waals surface area (Å²) in [5.41, 5.74) is 7.51. The molecule has 0 radical (unpaired) electrons. The summed E-state index contributed by atoms with van der Waals surface area (Å²) in [6.07, 6.45) is 3.83. The Labute approximate surface area is 126 Å². The second-order valence-corrected chi connectivity index (χ2v) is 7.10. The Morgan fingerprint density at radius 2 is 1.90 bits per heavy atom. The maximum Gasteiger partial charge on any atom is 0.238 e. The van der Waals surface area contributed by atoms with Gasteiger partial charge < -0.3 is 16.0 Å². The number of rotatable bonds is 5. The van der Waals surface area contributed by atoms with Crippen molar-refractivity contribution in [3.05, 3.63) is 17.7 Å². The third-order valence-corrected chi connectivity index (χ3v) is 4.92. The van der Waals surface area contributed by atoms with Gasteiger partial charge in [-0.1, -0.05) is 6.42 Å². The molecule has 1 heterocycles. The van der Waals surface area contributed by atoms with Crippen molar-refractivity contribution in [2.75, 3.05) is 37.2 Å². The molecule has 0 atom stereocenters. The van der Waals surface area contributed by atoms with E-state index in [9.17, 15) is 8.42 Å². The molecule has 118 valence electrons. The number of benzene rings is 1. The Kier molecular flexibility index (Phi) is 5.08. The van der Waals surface area contributed by atoms with E-state index in [2.05, 4.69) is 10.2 Å². The summed E-state index contributed by atoms with van der Waals surface area (Å²) in [6.45, 7) is 5.72. The summed E-state index contributed by atoms with van der Waals surface area (Å²) in [6, 6.07) is 3.15. The van der Waals surface area contributed by atoms with Crippen LogP contribution >= 0.6 is 0 Å². The van der Waals surface area contributed by atoms with Crippen LogP contribution in [-0.4, -0.2) is 39.5 Å². The summed E-state index contributed by atoms with van der Waals surface area (Å²) >= 11 is 0. The van der Waals surface area contributed by atoms with Crippen LogP contribution in [-0.2, 0) is 10.0 Å². The third-order valence-electron chi connectivity index (χ3n) is 3.88. The molecule has 2 rings (SSSR count). The smallest absolute Gasteiger partial charge is 0.238 e. The molecule has 1 aliphatic heterocycles. The lowest BCUT2D eigenvalue weighted by Crippen LogP contribution is -2.33. The SMILES string of the molecule is Cc1c(NCCN2CCCCC2)cc(N)cc1S(N)(=O)=O. The topological polar surface area (TPSA) is 101 Å². The molecule has 5 N–H and O–H groups in total. The molecule has 7 heteroatoms. The minimum atomic E-state index is -3.75. The van der Waals surface area contributed by atoms with Crippen LogP contribution in [0.2, 0.25) is 0 Å². The van der Waals surface area contributed by atoms with Gasteiger partial charge in [-0.05, 0) is 50.6 Å². The number of likely N-dealkylation sites (tertiary alicyclic amines) is 1. The number of anilines is 2. The molecule has 1 aliphatic rings. The van der Waals surface area contributed by atoms with Crippen LogP contribution < -0.4 is 16.2 Å². The summed E-state index contributed by atoms with van der Waals surface area (Å²) in [5, 5.41) is 8.49. The van der Waals surface area contributed by atoms with E-state index in [1.807, 2.05) is 0 Å². The van der Waals surface area contributed by atoms with Crippen molar-refractivity contribution in [1.29, 1.82) is 0 Å². The van der Waals surface area contributed by atoms with Gasteiger partial charge in [0.1, 0.15) is 0 Å². The lowest BCUT2D eigenvalue weighted by Gasteiger charge is -2.26. The summed E-state index contributed by atoms with van der Waals surface area (Å²) < 4.78 is 23.1. The number of sulfonamides is 1. The highest BCUT2D eigenvalue weighted by Crippen LogP contribution is 2.25. The number of hydrogen-bond acceptors (Lipinski definition) is 5. The lowest BCUT2D eigenvalue weighted by molar-refractivity contribution is 0.237. The molecule has 1 fully saturated rings. The molecule has 0 saturated carbocycles. The van der Waals surface area contributed by atoms with Crippen molar-refractivity contribution in [1.82, 2.24) is 4.90 Å². The molecule has 0 unspecified atom stereocenters. The number of nitrogens with one attached hydrogen (secondary N) is 1. The van der Waals surface area contributed by atoms with E-state index in [1.54, 1.807) is 13.0 Å². The number of nitrogen functional groups attached to an aromatic ring is 1. The zero-order valence-electron chi connectivity index (χ0n) is 12.4. The predicted octanol–water partition coefficient (Wildman–Crippen LogP) is 1.12. The second-order valence-electron chi connectivity index (χ2n) is 5.57. The van der Waals surface area contributed by atoms with Crippen molar-refractivity contribution in [3.63, 3.8) is 0 Å². The predicted molar refractivity (Wildman–Crippen MR) is 85.7 cm³/mol. The van der Waals surface area contributed by atoms with Crippen molar-refractivity contribution in [2.45, 2.75) is 31.1 Å². The second kappa shape index (κ2) is 6.64. The van der Waals surface area contributed by atoms with Gasteiger partial charge in [-0.25, -0.2) is 13.6 Å². The monoisotopic (exact) mass is 312 g/mol. The zero-order chi connectivity index (χ0) is 15.5. The van der Waals surface area contributed by atoms with Gasteiger partial charge in [0.15, 0.2) is 0 Å². The summed E-state index contributed by atoms with van der Waals surface area (Å²) in [7, 11) is -3.75. The molecule has 0 aliphatic carbocycles.